The first-order chi connectivity index (χ1) is 18.0. The Kier molecular flexibility index (Phi) is 13.8. The smallest absolute Gasteiger partial charge is 0.872 e. The van der Waals surface area contributed by atoms with Crippen LogP contribution in [0.3, 0.4) is 0 Å². The van der Waals surface area contributed by atoms with Gasteiger partial charge in [0, 0.05) is 0 Å². The number of hydrogen-bond acceptors (Lipinski definition) is 18. The van der Waals surface area contributed by atoms with E-state index in [-0.39, 0.29) is 49.4 Å². The van der Waals surface area contributed by atoms with Crippen LogP contribution < -0.4 is 46.0 Å². The zero-order valence-corrected chi connectivity index (χ0v) is 21.2. The second-order valence-corrected chi connectivity index (χ2v) is 6.44. The number of carboxylic acid groups (broad SMARTS) is 6. The molecule has 0 aliphatic carbocycles. The van der Waals surface area contributed by atoms with Gasteiger partial charge in [0.15, 0.2) is 0 Å². The number of pyridine rings is 3. The van der Waals surface area contributed by atoms with Crippen molar-refractivity contribution in [1.82, 2.24) is 15.0 Å². The first-order valence-electron chi connectivity index (χ1n) is 9.37. The number of carbonyl (C=O) groups is 6. The van der Waals surface area contributed by atoms with Crippen LogP contribution in [0.4, 0.5) is 0 Å². The number of rotatable bonds is 6. The largest absolute Gasteiger partial charge is 3.00 e. The van der Waals surface area contributed by atoms with Gasteiger partial charge in [-0.25, -0.2) is 15.0 Å². The first kappa shape index (κ1) is 35.3. The van der Waals surface area contributed by atoms with Gasteiger partial charge >= 0.3 is 49.4 Å². The summed E-state index contributed by atoms with van der Waals surface area (Å²) in [5.41, 5.74) is -4.30. The normalized spacial score (nSPS) is 9.30. The van der Waals surface area contributed by atoms with Crippen LogP contribution in [0.25, 0.3) is 0 Å². The molecule has 0 saturated carbocycles. The molecule has 0 spiro atoms. The van der Waals surface area contributed by atoms with Crippen molar-refractivity contribution in [3.05, 3.63) is 70.6 Å². The molecule has 0 bridgehead atoms. The maximum Gasteiger partial charge on any atom is 3.00 e. The Bertz CT molecular complexity index is 1200. The molecule has 0 aromatic carbocycles. The van der Waals surface area contributed by atoms with E-state index in [0.717, 1.165) is 0 Å². The Labute approximate surface area is 261 Å². The van der Waals surface area contributed by atoms with Gasteiger partial charge in [0.05, 0.1) is 70.0 Å². The minimum Gasteiger partial charge on any atom is -0.872 e. The van der Waals surface area contributed by atoms with Gasteiger partial charge in [-0.1, -0.05) is 0 Å². The summed E-state index contributed by atoms with van der Waals surface area (Å²) >= 11 is 0. The summed E-state index contributed by atoms with van der Waals surface area (Å²) < 4.78 is 0. The fraction of sp³-hybridized carbons (Fsp3) is 0. The molecule has 0 saturated heterocycles. The minimum atomic E-state index is -1.71. The molecule has 0 aliphatic rings. The van der Waals surface area contributed by atoms with Crippen LogP contribution >= 0.6 is 0 Å². The molecule has 19 heteroatoms. The van der Waals surface area contributed by atoms with Crippen molar-refractivity contribution < 1.29 is 124 Å². The first-order valence-corrected chi connectivity index (χ1v) is 9.37. The van der Waals surface area contributed by atoms with Gasteiger partial charge in [-0.2, -0.15) is 0 Å². The van der Waals surface area contributed by atoms with E-state index in [1.165, 1.54) is 0 Å². The number of nitrogens with zero attached hydrogens (tertiary/aromatic N) is 3. The van der Waals surface area contributed by atoms with Gasteiger partial charge in [0.25, 0.3) is 0 Å². The summed E-state index contributed by atoms with van der Waals surface area (Å²) in [5.74, 6) is -12.6. The monoisotopic (exact) mass is 693 g/mol. The molecule has 0 N–H and O–H groups in total. The molecule has 3 heterocycles. The summed E-state index contributed by atoms with van der Waals surface area (Å²) in [6.45, 7) is 0. The molecular formula is C21H6EuN3O15-6. The molecule has 0 atom stereocenters. The van der Waals surface area contributed by atoms with Gasteiger partial charge in [0.1, 0.15) is 0 Å². The standard InChI is InChI=1S/3C7H5NO5.Eu/c3*9-3-1-4(6(10)11)8-5(2-3)7(12)13;/h3*1-2H,(H,8,9)(H,10,11)(H,12,13);/q;;;+3/p-9. The van der Waals surface area contributed by atoms with Crippen LogP contribution in [-0.4, -0.2) is 50.8 Å². The molecule has 3 aromatic rings. The predicted molar refractivity (Wildman–Crippen MR) is 97.0 cm³/mol. The van der Waals surface area contributed by atoms with E-state index in [2.05, 4.69) is 15.0 Å². The Morgan fingerprint density at radius 3 is 0.600 bits per heavy atom. The van der Waals surface area contributed by atoms with Crippen LogP contribution in [0.2, 0.25) is 0 Å². The van der Waals surface area contributed by atoms with Crippen LogP contribution in [0, 0.1) is 49.4 Å². The summed E-state index contributed by atoms with van der Waals surface area (Å²) in [7, 11) is 0. The Hall–Kier alpha value is -4.75. The molecule has 0 unspecified atom stereocenters. The molecule has 0 fully saturated rings. The Morgan fingerprint density at radius 1 is 0.375 bits per heavy atom. The molecule has 208 valence electrons. The van der Waals surface area contributed by atoms with Crippen molar-refractivity contribution in [2.45, 2.75) is 0 Å². The fourth-order valence-corrected chi connectivity index (χ4v) is 2.14. The molecule has 18 nitrogen and oxygen atoms in total. The number of carboxylic acids is 6. The molecule has 0 aliphatic heterocycles. The quantitative estimate of drug-likeness (QED) is 0.231. The third-order valence-electron chi connectivity index (χ3n) is 3.65. The third kappa shape index (κ3) is 11.3. The van der Waals surface area contributed by atoms with Crippen LogP contribution in [0.1, 0.15) is 62.9 Å². The number of hydrogen-bond donors (Lipinski definition) is 0. The van der Waals surface area contributed by atoms with E-state index in [9.17, 15) is 74.7 Å². The molecule has 0 radical (unpaired) electrons. The van der Waals surface area contributed by atoms with Gasteiger partial charge < -0.3 is 74.7 Å². The topological polar surface area (TPSA) is 349 Å². The van der Waals surface area contributed by atoms with Crippen molar-refractivity contribution in [3.8, 4) is 17.2 Å². The van der Waals surface area contributed by atoms with Crippen LogP contribution in [-0.2, 0) is 0 Å². The van der Waals surface area contributed by atoms with Crippen molar-refractivity contribution in [2.24, 2.45) is 0 Å². The molecule has 3 aromatic heterocycles. The zero-order valence-electron chi connectivity index (χ0n) is 18.8. The second-order valence-electron chi connectivity index (χ2n) is 6.44. The maximum atomic E-state index is 10.7. The van der Waals surface area contributed by atoms with Crippen molar-refractivity contribution in [3.63, 3.8) is 0 Å². The van der Waals surface area contributed by atoms with E-state index in [4.69, 9.17) is 0 Å². The van der Waals surface area contributed by atoms with Crippen molar-refractivity contribution >= 4 is 35.8 Å². The number of aromatic carboxylic acids is 6. The predicted octanol–water partition coefficient (Wildman–Crippen LogP) is -9.35. The zero-order chi connectivity index (χ0) is 30.0. The van der Waals surface area contributed by atoms with E-state index in [1.807, 2.05) is 0 Å². The van der Waals surface area contributed by atoms with Gasteiger partial charge in [-0.3, -0.25) is 0 Å². The average Bonchev–Trinajstić information content (AvgIpc) is 2.83. The van der Waals surface area contributed by atoms with Gasteiger partial charge in [-0.15, -0.1) is 17.2 Å². The van der Waals surface area contributed by atoms with Crippen LogP contribution in [0.15, 0.2) is 36.4 Å². The maximum absolute atomic E-state index is 10.7. The SMILES string of the molecule is O=C([O-])c1cc([O-])cc(C(=O)[O-])n1.O=C([O-])c1cc([O-])cc(C(=O)[O-])n1.O=C([O-])c1cc([O-])cc(C(=O)[O-])n1.[Eu+3]. The molecule has 3 rings (SSSR count). The Balaban J connectivity index is 0.000000563. The fourth-order valence-electron chi connectivity index (χ4n) is 2.14. The minimum absolute atomic E-state index is 0. The van der Waals surface area contributed by atoms with E-state index < -0.39 is 87.2 Å². The van der Waals surface area contributed by atoms with Gasteiger partial charge in [0.2, 0.25) is 0 Å². The van der Waals surface area contributed by atoms with Crippen molar-refractivity contribution in [2.75, 3.05) is 0 Å². The number of aromatic nitrogens is 3. The van der Waals surface area contributed by atoms with Crippen molar-refractivity contribution in [1.29, 1.82) is 0 Å². The average molecular weight is 692 g/mol. The number of carbonyl (C=O) groups excluding carboxylic acids is 6. The molecule has 0 amide bonds. The van der Waals surface area contributed by atoms with Crippen LogP contribution in [0.5, 0.6) is 17.2 Å². The van der Waals surface area contributed by atoms with Gasteiger partial charge in [-0.05, 0) is 36.4 Å². The van der Waals surface area contributed by atoms with E-state index >= 15 is 0 Å². The summed E-state index contributed by atoms with van der Waals surface area (Å²) in [6, 6.07) is 4.01. The molecule has 40 heavy (non-hydrogen) atoms. The second kappa shape index (κ2) is 15.6. The van der Waals surface area contributed by atoms with E-state index in [0.29, 0.717) is 36.4 Å². The summed E-state index contributed by atoms with van der Waals surface area (Å²) in [5, 5.41) is 93.3. The summed E-state index contributed by atoms with van der Waals surface area (Å²) in [4.78, 5) is 70.5. The third-order valence-corrected chi connectivity index (χ3v) is 3.65. The summed E-state index contributed by atoms with van der Waals surface area (Å²) in [6.07, 6.45) is 0. The molecular weight excluding hydrogens is 686 g/mol. The Morgan fingerprint density at radius 2 is 0.500 bits per heavy atom. The van der Waals surface area contributed by atoms with E-state index in [1.54, 1.807) is 0 Å².